The van der Waals surface area contributed by atoms with Crippen LogP contribution in [0.5, 0.6) is 0 Å². The number of ether oxygens (including phenoxy) is 1. The first-order valence-corrected chi connectivity index (χ1v) is 11.6. The standard InChI is InChI=1S/C24H23N5O3S/c1-16-8-10-17(11-9-16)21-25-18(14-32-21)15-33-24-27-26-23-28(12-5-13-31-2)22(30)19-6-3-4-7-20(19)29(23)24/h3-4,6-11,14H,5,12-13,15H2,1-2H3. The lowest BCUT2D eigenvalue weighted by atomic mass is 10.1. The Kier molecular flexibility index (Phi) is 5.97. The molecule has 0 atom stereocenters. The molecule has 33 heavy (non-hydrogen) atoms. The van der Waals surface area contributed by atoms with Gasteiger partial charge in [0.15, 0.2) is 5.16 Å². The maximum atomic E-state index is 13.1. The van der Waals surface area contributed by atoms with Crippen LogP contribution in [0.2, 0.25) is 0 Å². The molecule has 0 aliphatic rings. The molecule has 168 valence electrons. The highest BCUT2D eigenvalue weighted by Gasteiger charge is 2.17. The number of hydrogen-bond donors (Lipinski definition) is 0. The molecule has 3 heterocycles. The summed E-state index contributed by atoms with van der Waals surface area (Å²) in [6.45, 7) is 3.12. The second kappa shape index (κ2) is 9.21. The van der Waals surface area contributed by atoms with Crippen molar-refractivity contribution >= 4 is 28.4 Å². The molecule has 0 N–H and O–H groups in total. The number of benzene rings is 2. The third-order valence-electron chi connectivity index (χ3n) is 5.41. The number of hydrogen-bond acceptors (Lipinski definition) is 7. The SMILES string of the molecule is COCCCn1c(=O)c2ccccc2n2c(SCc3coc(-c4ccc(C)cc4)n3)nnc12. The minimum absolute atomic E-state index is 0.0719. The van der Waals surface area contributed by atoms with E-state index in [0.29, 0.717) is 47.5 Å². The predicted octanol–water partition coefficient (Wildman–Crippen LogP) is 4.34. The number of para-hydroxylation sites is 1. The summed E-state index contributed by atoms with van der Waals surface area (Å²) in [5, 5.41) is 10.1. The van der Waals surface area contributed by atoms with Gasteiger partial charge in [-0.3, -0.25) is 13.8 Å². The zero-order valence-electron chi connectivity index (χ0n) is 18.4. The second-order valence-corrected chi connectivity index (χ2v) is 8.68. The smallest absolute Gasteiger partial charge is 0.262 e. The molecule has 8 nitrogen and oxygen atoms in total. The average Bonchev–Trinajstić information content (AvgIpc) is 3.48. The molecule has 5 aromatic rings. The summed E-state index contributed by atoms with van der Waals surface area (Å²) in [4.78, 5) is 17.7. The van der Waals surface area contributed by atoms with Crippen LogP contribution in [0.1, 0.15) is 17.7 Å². The average molecular weight is 462 g/mol. The van der Waals surface area contributed by atoms with E-state index < -0.39 is 0 Å². The van der Waals surface area contributed by atoms with Gasteiger partial charge >= 0.3 is 0 Å². The van der Waals surface area contributed by atoms with Gasteiger partial charge in [-0.05, 0) is 37.6 Å². The Balaban J connectivity index is 1.47. The maximum Gasteiger partial charge on any atom is 0.262 e. The molecular weight excluding hydrogens is 438 g/mol. The fraction of sp³-hybridized carbons (Fsp3) is 0.250. The molecule has 0 saturated heterocycles. The van der Waals surface area contributed by atoms with Crippen molar-refractivity contribution in [3.63, 3.8) is 0 Å². The summed E-state index contributed by atoms with van der Waals surface area (Å²) >= 11 is 1.51. The van der Waals surface area contributed by atoms with E-state index in [1.807, 2.05) is 59.9 Å². The van der Waals surface area contributed by atoms with Crippen LogP contribution in [-0.4, -0.2) is 37.9 Å². The first-order chi connectivity index (χ1) is 16.2. The zero-order chi connectivity index (χ0) is 22.8. The number of fused-ring (bicyclic) bond motifs is 3. The van der Waals surface area contributed by atoms with Gasteiger partial charge in [-0.15, -0.1) is 10.2 Å². The van der Waals surface area contributed by atoms with Crippen LogP contribution < -0.4 is 5.56 Å². The van der Waals surface area contributed by atoms with E-state index in [1.165, 1.54) is 17.3 Å². The minimum atomic E-state index is -0.0719. The Morgan fingerprint density at radius 2 is 1.91 bits per heavy atom. The Labute approximate surface area is 194 Å². The van der Waals surface area contributed by atoms with Gasteiger partial charge < -0.3 is 9.15 Å². The Hall–Kier alpha value is -3.43. The lowest BCUT2D eigenvalue weighted by molar-refractivity contribution is 0.190. The van der Waals surface area contributed by atoms with Gasteiger partial charge in [-0.2, -0.15) is 0 Å². The summed E-state index contributed by atoms with van der Waals surface area (Å²) < 4.78 is 14.5. The summed E-state index contributed by atoms with van der Waals surface area (Å²) in [7, 11) is 1.65. The molecule has 0 amide bonds. The molecule has 3 aromatic heterocycles. The predicted molar refractivity (Wildman–Crippen MR) is 127 cm³/mol. The number of aryl methyl sites for hydroxylation is 2. The number of methoxy groups -OCH3 is 1. The first kappa shape index (κ1) is 21.4. The van der Waals surface area contributed by atoms with Crippen molar-refractivity contribution in [2.24, 2.45) is 0 Å². The Morgan fingerprint density at radius 1 is 1.09 bits per heavy atom. The van der Waals surface area contributed by atoms with Crippen LogP contribution in [0, 0.1) is 6.92 Å². The van der Waals surface area contributed by atoms with Gasteiger partial charge in [0, 0.05) is 31.6 Å². The van der Waals surface area contributed by atoms with Gasteiger partial charge in [0.05, 0.1) is 16.6 Å². The molecular formula is C24H23N5O3S. The summed E-state index contributed by atoms with van der Waals surface area (Å²) in [5.74, 6) is 1.68. The molecule has 2 aromatic carbocycles. The van der Waals surface area contributed by atoms with Crippen molar-refractivity contribution in [1.29, 1.82) is 0 Å². The third kappa shape index (κ3) is 4.17. The third-order valence-corrected chi connectivity index (χ3v) is 6.37. The normalized spacial score (nSPS) is 11.6. The molecule has 5 rings (SSSR count). The van der Waals surface area contributed by atoms with Crippen molar-refractivity contribution < 1.29 is 9.15 Å². The molecule has 0 unspecified atom stereocenters. The van der Waals surface area contributed by atoms with E-state index in [2.05, 4.69) is 15.2 Å². The largest absolute Gasteiger partial charge is 0.444 e. The van der Waals surface area contributed by atoms with Crippen molar-refractivity contribution in [3.8, 4) is 11.5 Å². The van der Waals surface area contributed by atoms with Crippen LogP contribution in [0.25, 0.3) is 28.1 Å². The first-order valence-electron chi connectivity index (χ1n) is 10.7. The lowest BCUT2D eigenvalue weighted by Gasteiger charge is -2.10. The second-order valence-electron chi connectivity index (χ2n) is 7.74. The van der Waals surface area contributed by atoms with E-state index in [0.717, 1.165) is 16.8 Å². The molecule has 0 aliphatic heterocycles. The Morgan fingerprint density at radius 3 is 2.73 bits per heavy atom. The number of rotatable bonds is 8. The summed E-state index contributed by atoms with van der Waals surface area (Å²) in [6, 6.07) is 15.6. The van der Waals surface area contributed by atoms with Crippen LogP contribution in [0.3, 0.4) is 0 Å². The maximum absolute atomic E-state index is 13.1. The van der Waals surface area contributed by atoms with Gasteiger partial charge in [-0.25, -0.2) is 4.98 Å². The number of thioether (sulfide) groups is 1. The molecule has 0 aliphatic carbocycles. The monoisotopic (exact) mass is 461 g/mol. The zero-order valence-corrected chi connectivity index (χ0v) is 19.2. The van der Waals surface area contributed by atoms with Gasteiger partial charge in [0.25, 0.3) is 5.56 Å². The summed E-state index contributed by atoms with van der Waals surface area (Å²) in [6.07, 6.45) is 2.38. The van der Waals surface area contributed by atoms with Crippen molar-refractivity contribution in [2.75, 3.05) is 13.7 Å². The molecule has 0 radical (unpaired) electrons. The highest BCUT2D eigenvalue weighted by atomic mass is 32.2. The molecule has 0 saturated carbocycles. The highest BCUT2D eigenvalue weighted by molar-refractivity contribution is 7.98. The molecule has 0 fully saturated rings. The lowest BCUT2D eigenvalue weighted by Crippen LogP contribution is -2.24. The van der Waals surface area contributed by atoms with Gasteiger partial charge in [0.1, 0.15) is 6.26 Å². The van der Waals surface area contributed by atoms with Gasteiger partial charge in [0.2, 0.25) is 11.7 Å². The van der Waals surface area contributed by atoms with Crippen LogP contribution in [-0.2, 0) is 17.0 Å². The quantitative estimate of drug-likeness (QED) is 0.251. The number of nitrogens with zero attached hydrogens (tertiary/aromatic N) is 5. The fourth-order valence-corrected chi connectivity index (χ4v) is 4.55. The van der Waals surface area contributed by atoms with Crippen molar-refractivity contribution in [1.82, 2.24) is 24.1 Å². The van der Waals surface area contributed by atoms with Gasteiger partial charge in [-0.1, -0.05) is 41.6 Å². The van der Waals surface area contributed by atoms with E-state index in [4.69, 9.17) is 9.15 Å². The molecule has 9 heteroatoms. The van der Waals surface area contributed by atoms with Crippen LogP contribution in [0.4, 0.5) is 0 Å². The highest BCUT2D eigenvalue weighted by Crippen LogP contribution is 2.26. The van der Waals surface area contributed by atoms with Crippen molar-refractivity contribution in [3.05, 3.63) is 76.4 Å². The number of aromatic nitrogens is 5. The molecule has 0 bridgehead atoms. The molecule has 0 spiro atoms. The fourth-order valence-electron chi connectivity index (χ4n) is 3.74. The number of oxazole rings is 1. The van der Waals surface area contributed by atoms with E-state index in [-0.39, 0.29) is 5.56 Å². The summed E-state index contributed by atoms with van der Waals surface area (Å²) in [5.41, 5.74) is 3.65. The van der Waals surface area contributed by atoms with Crippen molar-refractivity contribution in [2.45, 2.75) is 30.8 Å². The van der Waals surface area contributed by atoms with Crippen LogP contribution in [0.15, 0.2) is 69.2 Å². The minimum Gasteiger partial charge on any atom is -0.444 e. The van der Waals surface area contributed by atoms with Crippen LogP contribution >= 0.6 is 11.8 Å². The topological polar surface area (TPSA) is 87.5 Å². The van der Waals surface area contributed by atoms with E-state index >= 15 is 0 Å². The Bertz CT molecular complexity index is 1470. The van der Waals surface area contributed by atoms with E-state index in [1.54, 1.807) is 17.9 Å². The van der Waals surface area contributed by atoms with E-state index in [9.17, 15) is 4.79 Å².